The van der Waals surface area contributed by atoms with Gasteiger partial charge in [-0.15, -0.1) is 0 Å². The van der Waals surface area contributed by atoms with Crippen LogP contribution in [0.2, 0.25) is 0 Å². The summed E-state index contributed by atoms with van der Waals surface area (Å²) in [5.41, 5.74) is 0. The molecule has 94 heavy (non-hydrogen) atoms. The van der Waals surface area contributed by atoms with Crippen molar-refractivity contribution in [3.8, 4) is 0 Å². The molecule has 1 heterocycles. The molecule has 0 radical (unpaired) electrons. The zero-order valence-corrected chi connectivity index (χ0v) is 64.7. The van der Waals surface area contributed by atoms with Crippen molar-refractivity contribution in [2.24, 2.45) is 0 Å². The van der Waals surface area contributed by atoms with Gasteiger partial charge in [-0.2, -0.15) is 0 Å². The molecule has 0 saturated carbocycles. The molecule has 5 N–H and O–H groups in total. The lowest BCUT2D eigenvalue weighted by molar-refractivity contribution is 0.0575. The van der Waals surface area contributed by atoms with Crippen LogP contribution in [-0.4, -0.2) is 179 Å². The van der Waals surface area contributed by atoms with Crippen LogP contribution in [0, 0.1) is 0 Å². The maximum Gasteiger partial charge on any atom is 0.0667 e. The molecule has 0 aromatic rings. The Morgan fingerprint density at radius 2 is 0.383 bits per heavy atom. The van der Waals surface area contributed by atoms with E-state index in [9.17, 15) is 25.5 Å². The molecule has 0 aliphatic carbocycles. The van der Waals surface area contributed by atoms with Gasteiger partial charge in [-0.1, -0.05) is 356 Å². The number of piperazine rings is 1. The molecular weight excluding hydrogens is 1160 g/mol. The highest BCUT2D eigenvalue weighted by molar-refractivity contribution is 4.77. The van der Waals surface area contributed by atoms with Gasteiger partial charge in [0.2, 0.25) is 0 Å². The Bertz CT molecular complexity index is 1380. The smallest absolute Gasteiger partial charge is 0.0667 e. The van der Waals surface area contributed by atoms with Crippen molar-refractivity contribution >= 4 is 0 Å². The molecule has 0 aromatic carbocycles. The molecule has 5 unspecified atom stereocenters. The molecule has 10 nitrogen and oxygen atoms in total. The molecule has 5 atom stereocenters. The van der Waals surface area contributed by atoms with Gasteiger partial charge < -0.3 is 30.4 Å². The molecule has 0 spiro atoms. The van der Waals surface area contributed by atoms with Gasteiger partial charge in [-0.25, -0.2) is 0 Å². The quantitative estimate of drug-likeness (QED) is 0.0377. The lowest BCUT2D eigenvalue weighted by Gasteiger charge is -2.36. The fourth-order valence-corrected chi connectivity index (χ4v) is 15.0. The highest BCUT2D eigenvalue weighted by atomic mass is 16.3. The van der Waals surface area contributed by atoms with Gasteiger partial charge in [0.1, 0.15) is 0 Å². The molecule has 1 rings (SSSR count). The minimum absolute atomic E-state index is 0.291. The largest absolute Gasteiger partial charge is 0.392 e. The minimum atomic E-state index is -0.343. The van der Waals surface area contributed by atoms with Gasteiger partial charge in [0, 0.05) is 72.0 Å². The van der Waals surface area contributed by atoms with Crippen LogP contribution < -0.4 is 0 Å². The molecule has 1 aliphatic heterocycles. The number of hydrogen-bond donors (Lipinski definition) is 5. The Labute approximate surface area is 589 Å². The number of hydrogen-bond acceptors (Lipinski definition) is 10. The zero-order chi connectivity index (χ0) is 68.1. The molecular formula is C84H173N5O5. The van der Waals surface area contributed by atoms with Crippen LogP contribution >= 0.6 is 0 Å². The Hall–Kier alpha value is -0.400. The Morgan fingerprint density at radius 3 is 0.617 bits per heavy atom. The fraction of sp³-hybridized carbons (Fsp3) is 1.00. The molecule has 1 aliphatic rings. The van der Waals surface area contributed by atoms with Crippen molar-refractivity contribution in [1.82, 2.24) is 24.5 Å². The van der Waals surface area contributed by atoms with Crippen LogP contribution in [0.4, 0.5) is 0 Å². The summed E-state index contributed by atoms with van der Waals surface area (Å²) in [6.45, 7) is 25.3. The molecule has 0 bridgehead atoms. The highest BCUT2D eigenvalue weighted by Gasteiger charge is 2.22. The Kier molecular flexibility index (Phi) is 70.6. The van der Waals surface area contributed by atoms with Crippen molar-refractivity contribution in [2.75, 3.05) is 98.2 Å². The van der Waals surface area contributed by atoms with E-state index in [1.165, 1.54) is 289 Å². The number of unbranched alkanes of at least 4 members (excludes halogenated alkanes) is 47. The Morgan fingerprint density at radius 1 is 0.202 bits per heavy atom. The normalized spacial score (nSPS) is 15.2. The second kappa shape index (κ2) is 72.4. The van der Waals surface area contributed by atoms with E-state index in [4.69, 9.17) is 0 Å². The maximum atomic E-state index is 11.6. The summed E-state index contributed by atoms with van der Waals surface area (Å²) in [6, 6.07) is 0. The highest BCUT2D eigenvalue weighted by Crippen LogP contribution is 2.20. The minimum Gasteiger partial charge on any atom is -0.392 e. The van der Waals surface area contributed by atoms with E-state index >= 15 is 0 Å². The predicted molar refractivity (Wildman–Crippen MR) is 413 cm³/mol. The van der Waals surface area contributed by atoms with Crippen molar-refractivity contribution in [2.45, 2.75) is 444 Å². The third-order valence-electron chi connectivity index (χ3n) is 21.4. The van der Waals surface area contributed by atoms with Crippen LogP contribution in [0.5, 0.6) is 0 Å². The van der Waals surface area contributed by atoms with E-state index in [0.29, 0.717) is 26.2 Å². The molecule has 564 valence electrons. The fourth-order valence-electron chi connectivity index (χ4n) is 15.0. The molecule has 1 fully saturated rings. The van der Waals surface area contributed by atoms with Crippen molar-refractivity contribution in [3.05, 3.63) is 0 Å². The molecule has 0 aromatic heterocycles. The van der Waals surface area contributed by atoms with Crippen molar-refractivity contribution < 1.29 is 25.5 Å². The van der Waals surface area contributed by atoms with Crippen LogP contribution in [0.3, 0.4) is 0 Å². The first-order valence-electron chi connectivity index (χ1n) is 43.2. The third-order valence-corrected chi connectivity index (χ3v) is 21.4. The maximum absolute atomic E-state index is 11.6. The van der Waals surface area contributed by atoms with Gasteiger partial charge in [0.15, 0.2) is 0 Å². The zero-order valence-electron chi connectivity index (χ0n) is 64.7. The first-order valence-corrected chi connectivity index (χ1v) is 43.2. The van der Waals surface area contributed by atoms with E-state index in [2.05, 4.69) is 59.1 Å². The van der Waals surface area contributed by atoms with E-state index in [0.717, 1.165) is 162 Å². The van der Waals surface area contributed by atoms with Gasteiger partial charge in [-0.05, 0) is 84.0 Å². The summed E-state index contributed by atoms with van der Waals surface area (Å²) < 4.78 is 0. The van der Waals surface area contributed by atoms with Crippen LogP contribution in [0.25, 0.3) is 0 Å². The van der Waals surface area contributed by atoms with Crippen LogP contribution in [-0.2, 0) is 0 Å². The summed E-state index contributed by atoms with van der Waals surface area (Å²) in [7, 11) is 0. The lowest BCUT2D eigenvalue weighted by atomic mass is 10.0. The first-order chi connectivity index (χ1) is 46.1. The summed E-state index contributed by atoms with van der Waals surface area (Å²) >= 11 is 0. The third kappa shape index (κ3) is 63.8. The second-order valence-electron chi connectivity index (χ2n) is 31.0. The molecule has 0 amide bonds. The monoisotopic (exact) mass is 1330 g/mol. The SMILES string of the molecule is CCCCCCCCCCCCC(O)CN(CCCCN(CC(O)CCCCCCCCCCCC)CC(O)CCCCCCCCCCCC)CCN1CCN(CCCCN(CC(O)CCCCCCCCCCCC)CC(O)CCCCCCCCCCCC)CC1. The summed E-state index contributed by atoms with van der Waals surface area (Å²) in [6.07, 6.45) is 72.7. The van der Waals surface area contributed by atoms with Crippen LogP contribution in [0.15, 0.2) is 0 Å². The summed E-state index contributed by atoms with van der Waals surface area (Å²) in [5.74, 6) is 0. The van der Waals surface area contributed by atoms with Gasteiger partial charge in [0.05, 0.1) is 30.5 Å². The summed E-state index contributed by atoms with van der Waals surface area (Å²) in [4.78, 5) is 12.7. The Balaban J connectivity index is 2.84. The second-order valence-corrected chi connectivity index (χ2v) is 31.0. The number of aliphatic hydroxyl groups is 5. The first kappa shape index (κ1) is 91.6. The van der Waals surface area contributed by atoms with E-state index in [1.54, 1.807) is 0 Å². The lowest BCUT2D eigenvalue weighted by Crippen LogP contribution is -2.49. The summed E-state index contributed by atoms with van der Waals surface area (Å²) in [5, 5.41) is 57.0. The van der Waals surface area contributed by atoms with Crippen LogP contribution in [0.1, 0.15) is 413 Å². The van der Waals surface area contributed by atoms with Gasteiger partial charge in [-0.3, -0.25) is 19.6 Å². The number of rotatable bonds is 78. The van der Waals surface area contributed by atoms with Gasteiger partial charge >= 0.3 is 0 Å². The van der Waals surface area contributed by atoms with E-state index in [-0.39, 0.29) is 30.5 Å². The predicted octanol–water partition coefficient (Wildman–Crippen LogP) is 21.4. The number of nitrogens with zero attached hydrogens (tertiary/aromatic N) is 5. The molecule has 1 saturated heterocycles. The molecule has 10 heteroatoms. The number of aliphatic hydroxyl groups excluding tert-OH is 5. The van der Waals surface area contributed by atoms with Crippen molar-refractivity contribution in [1.29, 1.82) is 0 Å². The average molecular weight is 1330 g/mol. The van der Waals surface area contributed by atoms with Crippen molar-refractivity contribution in [3.63, 3.8) is 0 Å². The topological polar surface area (TPSA) is 117 Å². The standard InChI is InChI=1S/C84H173N5O5/c1-6-11-16-21-26-31-36-41-46-51-60-80(90)75-87(66-57-59-68-89(78-83(93)63-54-49-44-39-34-29-24-19-14-9-4)79-84(94)64-55-50-45-40-35-30-25-20-15-10-5)74-73-86-71-69-85(70-72-86)65-56-58-67-88(76-81(91)61-52-47-42-37-32-27-22-17-12-7-2)77-82(92)62-53-48-43-38-33-28-23-18-13-8-3/h80-84,90-94H,6-79H2,1-5H3. The van der Waals surface area contributed by atoms with E-state index < -0.39 is 0 Å². The van der Waals surface area contributed by atoms with Gasteiger partial charge in [0.25, 0.3) is 0 Å². The average Bonchev–Trinajstić information content (AvgIpc) is 2.51. The van der Waals surface area contributed by atoms with E-state index in [1.807, 2.05) is 0 Å².